The second-order valence-corrected chi connectivity index (χ2v) is 2.06. The first kappa shape index (κ1) is 7.21. The summed E-state index contributed by atoms with van der Waals surface area (Å²) in [6.45, 7) is 0.214. The number of methoxy groups -OCH3 is 1. The van der Waals surface area contributed by atoms with E-state index in [1.807, 2.05) is 0 Å². The molecule has 10 heavy (non-hydrogen) atoms. The van der Waals surface area contributed by atoms with Gasteiger partial charge in [0, 0.05) is 0 Å². The van der Waals surface area contributed by atoms with Crippen molar-refractivity contribution in [2.75, 3.05) is 20.3 Å². The fourth-order valence-electron chi connectivity index (χ4n) is 0.813. The van der Waals surface area contributed by atoms with Gasteiger partial charge in [0.15, 0.2) is 5.78 Å². The number of hydrogen-bond acceptors (Lipinski definition) is 4. The Hall–Kier alpha value is -0.900. The Morgan fingerprint density at radius 3 is 2.90 bits per heavy atom. The Morgan fingerprint density at radius 2 is 2.50 bits per heavy atom. The Labute approximate surface area is 58.1 Å². The molecule has 0 aromatic carbocycles. The Bertz CT molecular complexity index is 163. The zero-order valence-corrected chi connectivity index (χ0v) is 5.62. The predicted molar refractivity (Wildman–Crippen MR) is 31.3 cm³/mol. The molecule has 4 heteroatoms. The van der Waals surface area contributed by atoms with Gasteiger partial charge in [-0.2, -0.15) is 0 Å². The SMILES string of the molecule is COC(=O)[C@H]1COCC1=O. The first-order valence-electron chi connectivity index (χ1n) is 2.94. The van der Waals surface area contributed by atoms with Crippen LogP contribution < -0.4 is 0 Å². The third kappa shape index (κ3) is 1.16. The smallest absolute Gasteiger partial charge is 0.318 e. The first-order chi connectivity index (χ1) is 4.75. The molecule has 1 aliphatic rings. The van der Waals surface area contributed by atoms with Crippen LogP contribution in [0.15, 0.2) is 0 Å². The molecule has 0 unspecified atom stereocenters. The van der Waals surface area contributed by atoms with Crippen LogP contribution in [-0.2, 0) is 19.1 Å². The number of ketones is 1. The highest BCUT2D eigenvalue weighted by molar-refractivity contribution is 6.00. The monoisotopic (exact) mass is 144 g/mol. The lowest BCUT2D eigenvalue weighted by atomic mass is 10.1. The summed E-state index contributed by atoms with van der Waals surface area (Å²) in [4.78, 5) is 21.5. The summed E-state index contributed by atoms with van der Waals surface area (Å²) in [7, 11) is 1.26. The van der Waals surface area contributed by atoms with E-state index < -0.39 is 11.9 Å². The van der Waals surface area contributed by atoms with Gasteiger partial charge in [-0.1, -0.05) is 0 Å². The molecule has 0 aromatic rings. The van der Waals surface area contributed by atoms with Crippen LogP contribution in [0.3, 0.4) is 0 Å². The topological polar surface area (TPSA) is 52.6 Å². The average molecular weight is 144 g/mol. The van der Waals surface area contributed by atoms with Crippen LogP contribution in [0.1, 0.15) is 0 Å². The minimum atomic E-state index is -0.676. The minimum Gasteiger partial charge on any atom is -0.468 e. The summed E-state index contributed by atoms with van der Waals surface area (Å²) in [5.74, 6) is -1.36. The van der Waals surface area contributed by atoms with Crippen molar-refractivity contribution in [3.63, 3.8) is 0 Å². The van der Waals surface area contributed by atoms with Crippen LogP contribution in [0.2, 0.25) is 0 Å². The molecule has 1 atom stereocenters. The molecule has 0 bridgehead atoms. The third-order valence-corrected chi connectivity index (χ3v) is 1.40. The van der Waals surface area contributed by atoms with Gasteiger partial charge in [-0.15, -0.1) is 0 Å². The molecule has 0 spiro atoms. The summed E-state index contributed by atoms with van der Waals surface area (Å²) in [6, 6.07) is 0. The molecule has 1 fully saturated rings. The fourth-order valence-corrected chi connectivity index (χ4v) is 0.813. The number of carbonyl (C=O) groups excluding carboxylic acids is 2. The average Bonchev–Trinajstić information content (AvgIpc) is 2.34. The second kappa shape index (κ2) is 2.79. The number of carbonyl (C=O) groups is 2. The summed E-state index contributed by atoms with van der Waals surface area (Å²) < 4.78 is 9.11. The van der Waals surface area contributed by atoms with E-state index in [9.17, 15) is 9.59 Å². The fraction of sp³-hybridized carbons (Fsp3) is 0.667. The van der Waals surface area contributed by atoms with Crippen LogP contribution in [0.5, 0.6) is 0 Å². The van der Waals surface area contributed by atoms with Crippen molar-refractivity contribution in [1.82, 2.24) is 0 Å². The summed E-state index contributed by atoms with van der Waals surface area (Å²) in [5.41, 5.74) is 0. The van der Waals surface area contributed by atoms with Gasteiger partial charge in [-0.05, 0) is 0 Å². The van der Waals surface area contributed by atoms with Gasteiger partial charge in [-0.25, -0.2) is 0 Å². The van der Waals surface area contributed by atoms with Crippen molar-refractivity contribution in [3.05, 3.63) is 0 Å². The highest BCUT2D eigenvalue weighted by atomic mass is 16.5. The van der Waals surface area contributed by atoms with Gasteiger partial charge in [0.05, 0.1) is 13.7 Å². The molecule has 0 amide bonds. The van der Waals surface area contributed by atoms with E-state index in [0.29, 0.717) is 0 Å². The number of ether oxygens (including phenoxy) is 2. The lowest BCUT2D eigenvalue weighted by Crippen LogP contribution is -2.23. The van der Waals surface area contributed by atoms with E-state index in [0.717, 1.165) is 0 Å². The Kier molecular flexibility index (Phi) is 2.01. The Balaban J connectivity index is 2.55. The maximum absolute atomic E-state index is 10.7. The molecule has 0 aromatic heterocycles. The van der Waals surface area contributed by atoms with Gasteiger partial charge in [0.2, 0.25) is 0 Å². The van der Waals surface area contributed by atoms with E-state index in [1.54, 1.807) is 0 Å². The molecule has 56 valence electrons. The van der Waals surface area contributed by atoms with Gasteiger partial charge < -0.3 is 9.47 Å². The molecule has 1 saturated heterocycles. The zero-order valence-electron chi connectivity index (χ0n) is 5.62. The summed E-state index contributed by atoms with van der Waals surface area (Å²) >= 11 is 0. The minimum absolute atomic E-state index is 0.0414. The van der Waals surface area contributed by atoms with Crippen LogP contribution in [0.4, 0.5) is 0 Å². The molecule has 0 radical (unpaired) electrons. The normalized spacial score (nSPS) is 24.9. The van der Waals surface area contributed by atoms with Crippen molar-refractivity contribution in [1.29, 1.82) is 0 Å². The van der Waals surface area contributed by atoms with E-state index in [4.69, 9.17) is 4.74 Å². The molecule has 4 nitrogen and oxygen atoms in total. The number of esters is 1. The second-order valence-electron chi connectivity index (χ2n) is 2.06. The van der Waals surface area contributed by atoms with E-state index >= 15 is 0 Å². The molecule has 1 rings (SSSR count). The van der Waals surface area contributed by atoms with Crippen LogP contribution in [0.25, 0.3) is 0 Å². The lowest BCUT2D eigenvalue weighted by Gasteiger charge is -2.00. The van der Waals surface area contributed by atoms with E-state index in [2.05, 4.69) is 4.74 Å². The van der Waals surface area contributed by atoms with Gasteiger partial charge >= 0.3 is 5.97 Å². The summed E-state index contributed by atoms with van der Waals surface area (Å²) in [5, 5.41) is 0. The van der Waals surface area contributed by atoms with Crippen LogP contribution in [0, 0.1) is 5.92 Å². The van der Waals surface area contributed by atoms with E-state index in [1.165, 1.54) is 7.11 Å². The van der Waals surface area contributed by atoms with Crippen LogP contribution in [-0.4, -0.2) is 32.1 Å². The zero-order chi connectivity index (χ0) is 7.56. The lowest BCUT2D eigenvalue weighted by molar-refractivity contribution is -0.147. The van der Waals surface area contributed by atoms with Crippen molar-refractivity contribution < 1.29 is 19.1 Å². The molecule has 0 N–H and O–H groups in total. The quantitative estimate of drug-likeness (QED) is 0.363. The standard InChI is InChI=1S/C6H8O4/c1-9-6(8)4-2-10-3-5(4)7/h4H,2-3H2,1H3/t4-/m0/s1. The summed E-state index contributed by atoms with van der Waals surface area (Å²) in [6.07, 6.45) is 0. The van der Waals surface area contributed by atoms with Crippen molar-refractivity contribution in [2.45, 2.75) is 0 Å². The van der Waals surface area contributed by atoms with Gasteiger partial charge in [0.1, 0.15) is 12.5 Å². The third-order valence-electron chi connectivity index (χ3n) is 1.40. The van der Waals surface area contributed by atoms with Crippen molar-refractivity contribution in [3.8, 4) is 0 Å². The van der Waals surface area contributed by atoms with Gasteiger partial charge in [0.25, 0.3) is 0 Å². The molecule has 1 heterocycles. The van der Waals surface area contributed by atoms with Gasteiger partial charge in [-0.3, -0.25) is 9.59 Å². The van der Waals surface area contributed by atoms with Crippen LogP contribution >= 0.6 is 0 Å². The predicted octanol–water partition coefficient (Wildman–Crippen LogP) is -0.625. The molecule has 0 saturated carbocycles. The molecular weight excluding hydrogens is 136 g/mol. The maximum Gasteiger partial charge on any atom is 0.318 e. The Morgan fingerprint density at radius 1 is 1.80 bits per heavy atom. The maximum atomic E-state index is 10.7. The number of hydrogen-bond donors (Lipinski definition) is 0. The molecule has 1 aliphatic heterocycles. The highest BCUT2D eigenvalue weighted by Crippen LogP contribution is 2.09. The van der Waals surface area contributed by atoms with Crippen molar-refractivity contribution in [2.24, 2.45) is 5.92 Å². The first-order valence-corrected chi connectivity index (χ1v) is 2.94. The number of Topliss-reactive ketones (excluding diaryl/α,β-unsaturated/α-hetero) is 1. The number of rotatable bonds is 1. The highest BCUT2D eigenvalue weighted by Gasteiger charge is 2.32. The molecular formula is C6H8O4. The van der Waals surface area contributed by atoms with Crippen molar-refractivity contribution >= 4 is 11.8 Å². The largest absolute Gasteiger partial charge is 0.468 e. The van der Waals surface area contributed by atoms with E-state index in [-0.39, 0.29) is 19.0 Å². The molecule has 0 aliphatic carbocycles.